The molecule has 1 aromatic rings. The fourth-order valence-corrected chi connectivity index (χ4v) is 1.52. The van der Waals surface area contributed by atoms with E-state index in [2.05, 4.69) is 5.32 Å². The molecule has 1 rings (SSSR count). The summed E-state index contributed by atoms with van der Waals surface area (Å²) in [7, 11) is 0. The normalized spacial score (nSPS) is 11.0. The van der Waals surface area contributed by atoms with Gasteiger partial charge in [-0.2, -0.15) is 0 Å². The Morgan fingerprint density at radius 2 is 1.82 bits per heavy atom. The van der Waals surface area contributed by atoms with E-state index in [9.17, 15) is 5.11 Å². The molecule has 0 saturated carbocycles. The van der Waals surface area contributed by atoms with Gasteiger partial charge in [0.05, 0.1) is 0 Å². The first-order valence-electron chi connectivity index (χ1n) is 5.98. The first-order valence-corrected chi connectivity index (χ1v) is 5.98. The molecule has 0 aliphatic carbocycles. The van der Waals surface area contributed by atoms with Gasteiger partial charge in [0, 0.05) is 31.9 Å². The molecular weight excluding hydrogens is 218 g/mol. The van der Waals surface area contributed by atoms with Crippen molar-refractivity contribution < 1.29 is 14.6 Å². The van der Waals surface area contributed by atoms with Crippen molar-refractivity contribution in [1.82, 2.24) is 5.32 Å². The Hall–Kier alpha value is -1.10. The van der Waals surface area contributed by atoms with Gasteiger partial charge in [-0.3, -0.25) is 0 Å². The van der Waals surface area contributed by atoms with E-state index in [0.717, 1.165) is 5.56 Å². The van der Waals surface area contributed by atoms with Gasteiger partial charge in [-0.05, 0) is 19.9 Å². The zero-order chi connectivity index (χ0) is 12.5. The van der Waals surface area contributed by atoms with Gasteiger partial charge in [-0.1, -0.05) is 18.2 Å². The lowest BCUT2D eigenvalue weighted by Gasteiger charge is -2.17. The minimum absolute atomic E-state index is 0.226. The van der Waals surface area contributed by atoms with Crippen molar-refractivity contribution in [3.63, 3.8) is 0 Å². The average Bonchev–Trinajstić information content (AvgIpc) is 2.32. The van der Waals surface area contributed by atoms with Gasteiger partial charge in [0.15, 0.2) is 6.29 Å². The van der Waals surface area contributed by atoms with Gasteiger partial charge in [0.25, 0.3) is 0 Å². The summed E-state index contributed by atoms with van der Waals surface area (Å²) in [5, 5.41) is 12.8. The Balaban J connectivity index is 2.33. The topological polar surface area (TPSA) is 50.7 Å². The van der Waals surface area contributed by atoms with Crippen LogP contribution in [0.25, 0.3) is 0 Å². The number of ether oxygens (including phenoxy) is 2. The van der Waals surface area contributed by atoms with Crippen LogP contribution < -0.4 is 5.32 Å². The summed E-state index contributed by atoms with van der Waals surface area (Å²) in [5.74, 6) is 0.310. The van der Waals surface area contributed by atoms with Crippen molar-refractivity contribution in [3.05, 3.63) is 29.8 Å². The van der Waals surface area contributed by atoms with Gasteiger partial charge < -0.3 is 19.9 Å². The van der Waals surface area contributed by atoms with Crippen LogP contribution in [-0.2, 0) is 16.0 Å². The number of phenolic OH excluding ortho intramolecular Hbond substituents is 1. The van der Waals surface area contributed by atoms with E-state index in [-0.39, 0.29) is 6.29 Å². The molecule has 4 nitrogen and oxygen atoms in total. The van der Waals surface area contributed by atoms with Crippen molar-refractivity contribution in [2.24, 2.45) is 0 Å². The number of para-hydroxylation sites is 1. The molecule has 0 aromatic heterocycles. The van der Waals surface area contributed by atoms with Crippen molar-refractivity contribution in [3.8, 4) is 5.75 Å². The minimum atomic E-state index is -0.226. The highest BCUT2D eigenvalue weighted by atomic mass is 16.7. The molecule has 2 N–H and O–H groups in total. The predicted octanol–water partition coefficient (Wildman–Crippen LogP) is 1.88. The number of rotatable bonds is 8. The molecular formula is C13H21NO3. The number of aromatic hydroxyl groups is 1. The highest BCUT2D eigenvalue weighted by molar-refractivity contribution is 5.31. The van der Waals surface area contributed by atoms with Crippen LogP contribution in [0.1, 0.15) is 19.4 Å². The van der Waals surface area contributed by atoms with Crippen molar-refractivity contribution in [2.75, 3.05) is 19.8 Å². The quantitative estimate of drug-likeness (QED) is 0.680. The third kappa shape index (κ3) is 5.17. The van der Waals surface area contributed by atoms with Crippen molar-refractivity contribution in [1.29, 1.82) is 0 Å². The molecule has 0 bridgehead atoms. The zero-order valence-corrected chi connectivity index (χ0v) is 10.5. The van der Waals surface area contributed by atoms with E-state index >= 15 is 0 Å². The van der Waals surface area contributed by atoms with Gasteiger partial charge >= 0.3 is 0 Å². The molecule has 0 unspecified atom stereocenters. The third-order valence-electron chi connectivity index (χ3n) is 2.32. The Morgan fingerprint density at radius 3 is 2.41 bits per heavy atom. The Kier molecular flexibility index (Phi) is 6.62. The first-order chi connectivity index (χ1) is 8.27. The van der Waals surface area contributed by atoms with Crippen LogP contribution in [0.5, 0.6) is 5.75 Å². The number of hydrogen-bond acceptors (Lipinski definition) is 4. The molecule has 1 aromatic carbocycles. The molecule has 0 atom stereocenters. The second-order valence-electron chi connectivity index (χ2n) is 3.60. The Bertz CT molecular complexity index is 311. The highest BCUT2D eigenvalue weighted by Crippen LogP contribution is 2.14. The van der Waals surface area contributed by atoms with E-state index in [1.807, 2.05) is 32.0 Å². The highest BCUT2D eigenvalue weighted by Gasteiger charge is 2.07. The van der Waals surface area contributed by atoms with Gasteiger partial charge in [-0.25, -0.2) is 0 Å². The van der Waals surface area contributed by atoms with Gasteiger partial charge in [-0.15, -0.1) is 0 Å². The summed E-state index contributed by atoms with van der Waals surface area (Å²) in [6.07, 6.45) is -0.226. The van der Waals surface area contributed by atoms with Crippen LogP contribution in [0.2, 0.25) is 0 Å². The third-order valence-corrected chi connectivity index (χ3v) is 2.32. The predicted molar refractivity (Wildman–Crippen MR) is 66.9 cm³/mol. The van der Waals surface area contributed by atoms with E-state index in [0.29, 0.717) is 32.1 Å². The summed E-state index contributed by atoms with van der Waals surface area (Å²) in [6.45, 7) is 6.34. The van der Waals surface area contributed by atoms with Crippen LogP contribution in [0.4, 0.5) is 0 Å². The van der Waals surface area contributed by atoms with E-state index in [1.165, 1.54) is 0 Å². The number of benzene rings is 1. The van der Waals surface area contributed by atoms with Gasteiger partial charge in [0.2, 0.25) is 0 Å². The minimum Gasteiger partial charge on any atom is -0.508 e. The van der Waals surface area contributed by atoms with Crippen LogP contribution in [0.15, 0.2) is 24.3 Å². The second kappa shape index (κ2) is 8.06. The summed E-state index contributed by atoms with van der Waals surface area (Å²) in [5.41, 5.74) is 0.874. The molecule has 96 valence electrons. The van der Waals surface area contributed by atoms with Crippen LogP contribution in [0, 0.1) is 0 Å². The summed E-state index contributed by atoms with van der Waals surface area (Å²) in [6, 6.07) is 7.28. The van der Waals surface area contributed by atoms with Crippen LogP contribution >= 0.6 is 0 Å². The molecule has 0 spiro atoms. The van der Waals surface area contributed by atoms with Gasteiger partial charge in [0.1, 0.15) is 5.75 Å². The van der Waals surface area contributed by atoms with E-state index in [4.69, 9.17) is 9.47 Å². The molecule has 4 heteroatoms. The monoisotopic (exact) mass is 239 g/mol. The fraction of sp³-hybridized carbons (Fsp3) is 0.538. The maximum Gasteiger partial charge on any atom is 0.169 e. The SMILES string of the molecule is CCOC(CNCc1ccccc1O)OCC. The standard InChI is InChI=1S/C13H21NO3/c1-3-16-13(17-4-2)10-14-9-11-7-5-6-8-12(11)15/h5-8,13-15H,3-4,9-10H2,1-2H3. The smallest absolute Gasteiger partial charge is 0.169 e. The molecule has 0 fully saturated rings. The van der Waals surface area contributed by atoms with Crippen molar-refractivity contribution in [2.45, 2.75) is 26.7 Å². The van der Waals surface area contributed by atoms with E-state index < -0.39 is 0 Å². The number of nitrogens with one attached hydrogen (secondary N) is 1. The molecule has 0 saturated heterocycles. The molecule has 0 radical (unpaired) electrons. The number of phenols is 1. The van der Waals surface area contributed by atoms with Crippen LogP contribution in [-0.4, -0.2) is 31.2 Å². The lowest BCUT2D eigenvalue weighted by Crippen LogP contribution is -2.31. The first kappa shape index (κ1) is 14.0. The maximum atomic E-state index is 9.58. The van der Waals surface area contributed by atoms with E-state index in [1.54, 1.807) is 6.07 Å². The molecule has 0 aliphatic heterocycles. The average molecular weight is 239 g/mol. The molecule has 0 heterocycles. The lowest BCUT2D eigenvalue weighted by atomic mass is 10.2. The Morgan fingerprint density at radius 1 is 1.18 bits per heavy atom. The molecule has 0 amide bonds. The van der Waals surface area contributed by atoms with Crippen LogP contribution in [0.3, 0.4) is 0 Å². The lowest BCUT2D eigenvalue weighted by molar-refractivity contribution is -0.133. The maximum absolute atomic E-state index is 9.58. The summed E-state index contributed by atoms with van der Waals surface area (Å²) < 4.78 is 10.8. The molecule has 0 aliphatic rings. The second-order valence-corrected chi connectivity index (χ2v) is 3.60. The number of hydrogen-bond donors (Lipinski definition) is 2. The largest absolute Gasteiger partial charge is 0.508 e. The zero-order valence-electron chi connectivity index (χ0n) is 10.5. The summed E-state index contributed by atoms with van der Waals surface area (Å²) >= 11 is 0. The van der Waals surface area contributed by atoms with Crippen molar-refractivity contribution >= 4 is 0 Å². The Labute approximate surface area is 103 Å². The molecule has 17 heavy (non-hydrogen) atoms. The summed E-state index contributed by atoms with van der Waals surface area (Å²) in [4.78, 5) is 0. The fourth-order valence-electron chi connectivity index (χ4n) is 1.52.